The highest BCUT2D eigenvalue weighted by atomic mass is 16.4. The molecule has 2 aliphatic heterocycles. The van der Waals surface area contributed by atoms with Gasteiger partial charge < -0.3 is 40.9 Å². The monoisotopic (exact) mass is 691 g/mol. The van der Waals surface area contributed by atoms with Crippen LogP contribution in [0.3, 0.4) is 0 Å². The highest BCUT2D eigenvalue weighted by molar-refractivity contribution is 6.43. The second kappa shape index (κ2) is 19.2. The van der Waals surface area contributed by atoms with Crippen LogP contribution in [-0.2, 0) is 24.0 Å². The first-order valence-electron chi connectivity index (χ1n) is 16.1. The molecule has 3 amide bonds. The molecule has 2 atom stereocenters. The Balaban J connectivity index is 1.61. The quantitative estimate of drug-likeness (QED) is 0.104. The van der Waals surface area contributed by atoms with E-state index in [-0.39, 0.29) is 84.1 Å². The van der Waals surface area contributed by atoms with Crippen molar-refractivity contribution in [1.29, 1.82) is 0 Å². The minimum atomic E-state index is -1.67. The lowest BCUT2D eigenvalue weighted by atomic mass is 9.78. The van der Waals surface area contributed by atoms with Crippen molar-refractivity contribution in [2.45, 2.75) is 31.7 Å². The smallest absolute Gasteiger partial charge is 0.475 e. The molecule has 2 saturated heterocycles. The van der Waals surface area contributed by atoms with Crippen LogP contribution in [0.15, 0.2) is 24.3 Å². The number of carboxylic acids is 3. The fourth-order valence-corrected chi connectivity index (χ4v) is 5.86. The van der Waals surface area contributed by atoms with E-state index in [1.807, 2.05) is 0 Å². The van der Waals surface area contributed by atoms with Gasteiger partial charge in [-0.05, 0) is 44.0 Å². The van der Waals surface area contributed by atoms with Crippen LogP contribution in [-0.4, -0.2) is 190 Å². The molecule has 2 aliphatic rings. The van der Waals surface area contributed by atoms with Crippen molar-refractivity contribution in [1.82, 2.24) is 29.8 Å². The summed E-state index contributed by atoms with van der Waals surface area (Å²) < 4.78 is 0. The fourth-order valence-electron chi connectivity index (χ4n) is 5.86. The van der Waals surface area contributed by atoms with Crippen molar-refractivity contribution in [3.8, 4) is 0 Å². The van der Waals surface area contributed by atoms with Gasteiger partial charge in [-0.25, -0.2) is 0 Å². The maximum absolute atomic E-state index is 13.1. The molecule has 7 N–H and O–H groups in total. The average Bonchev–Trinajstić information content (AvgIpc) is 3.52. The second-order valence-electron chi connectivity index (χ2n) is 12.3. The van der Waals surface area contributed by atoms with Gasteiger partial charge >= 0.3 is 25.0 Å². The van der Waals surface area contributed by atoms with Crippen LogP contribution in [0, 0.1) is 0 Å². The molecule has 2 fully saturated rings. The molecule has 1 aromatic carbocycles. The van der Waals surface area contributed by atoms with Crippen LogP contribution in [0.4, 0.5) is 5.69 Å². The standard InChI is InChI=1S/C30H46BN7O11/c1-21(30(47)38-8-2-3-24(38)31(48)49)32-29(46)22-4-6-23(7-5-22)33-25(39)17-34-9-11-35(18-26(40)41)13-15-37(20-28(44)45)16-14-36(12-10-34)19-27(42)43/h4-7,21,24,48-49H,2-3,8-20H2,1H3,(H,32,46)(H,33,39)(H,40,41)(H,42,43)(H,44,45)/t21-,24+/m1/s1. The Morgan fingerprint density at radius 1 is 0.714 bits per heavy atom. The zero-order valence-corrected chi connectivity index (χ0v) is 27.6. The topological polar surface area (TPSA) is 244 Å². The van der Waals surface area contributed by atoms with Crippen LogP contribution in [0.25, 0.3) is 0 Å². The van der Waals surface area contributed by atoms with Crippen molar-refractivity contribution in [3.05, 3.63) is 29.8 Å². The lowest BCUT2D eigenvalue weighted by Gasteiger charge is -2.32. The molecule has 49 heavy (non-hydrogen) atoms. The lowest BCUT2D eigenvalue weighted by molar-refractivity contribution is -0.140. The van der Waals surface area contributed by atoms with Crippen LogP contribution < -0.4 is 10.6 Å². The number of rotatable bonds is 13. The van der Waals surface area contributed by atoms with E-state index in [2.05, 4.69) is 10.6 Å². The van der Waals surface area contributed by atoms with Crippen molar-refractivity contribution >= 4 is 48.4 Å². The molecule has 0 spiro atoms. The van der Waals surface area contributed by atoms with Gasteiger partial charge in [-0.3, -0.25) is 48.4 Å². The SMILES string of the molecule is C[C@@H](NC(=O)c1ccc(NC(=O)CN2CCN(CC(=O)O)CCN(CC(=O)O)CCN(CC(=O)O)CC2)cc1)C(=O)N1CCC[C@H]1B(O)O. The first-order valence-corrected chi connectivity index (χ1v) is 16.1. The Bertz CT molecular complexity index is 1290. The highest BCUT2D eigenvalue weighted by Gasteiger charge is 2.38. The number of carbonyl (C=O) groups excluding carboxylic acids is 3. The summed E-state index contributed by atoms with van der Waals surface area (Å²) >= 11 is 0. The van der Waals surface area contributed by atoms with Gasteiger partial charge in [0.05, 0.1) is 32.1 Å². The van der Waals surface area contributed by atoms with Gasteiger partial charge in [0.1, 0.15) is 6.04 Å². The molecule has 3 rings (SSSR count). The minimum absolute atomic E-state index is 0.0884. The predicted octanol–water partition coefficient (Wildman–Crippen LogP) is -2.78. The number of carbonyl (C=O) groups is 6. The molecule has 0 saturated carbocycles. The molecule has 270 valence electrons. The Kier molecular flexibility index (Phi) is 15.4. The number of benzene rings is 1. The van der Waals surface area contributed by atoms with Gasteiger partial charge in [-0.2, -0.15) is 0 Å². The summed E-state index contributed by atoms with van der Waals surface area (Å²) in [5, 5.41) is 52.6. The van der Waals surface area contributed by atoms with Crippen LogP contribution in [0.1, 0.15) is 30.1 Å². The number of amides is 3. The van der Waals surface area contributed by atoms with Crippen molar-refractivity contribution < 1.29 is 54.1 Å². The zero-order valence-electron chi connectivity index (χ0n) is 27.6. The lowest BCUT2D eigenvalue weighted by Crippen LogP contribution is -2.52. The second-order valence-corrected chi connectivity index (χ2v) is 12.3. The summed E-state index contributed by atoms with van der Waals surface area (Å²) in [4.78, 5) is 81.2. The minimum Gasteiger partial charge on any atom is -0.480 e. The average molecular weight is 692 g/mol. The maximum atomic E-state index is 13.1. The molecular formula is C30H46BN7O11. The fraction of sp³-hybridized carbons (Fsp3) is 0.600. The largest absolute Gasteiger partial charge is 0.480 e. The van der Waals surface area contributed by atoms with Crippen molar-refractivity contribution in [2.75, 3.05) is 90.4 Å². The van der Waals surface area contributed by atoms with E-state index < -0.39 is 54.7 Å². The number of carboxylic acid groups (broad SMARTS) is 3. The van der Waals surface area contributed by atoms with Crippen molar-refractivity contribution in [2.24, 2.45) is 0 Å². The number of nitrogens with zero attached hydrogens (tertiary/aromatic N) is 5. The molecule has 0 radical (unpaired) electrons. The molecule has 1 aromatic rings. The number of nitrogens with one attached hydrogen (secondary N) is 2. The summed E-state index contributed by atoms with van der Waals surface area (Å²) in [7, 11) is -1.67. The molecule has 0 bridgehead atoms. The summed E-state index contributed by atoms with van der Waals surface area (Å²) in [5.41, 5.74) is 0.634. The molecule has 0 aromatic heterocycles. The number of hydrogen-bond donors (Lipinski definition) is 7. The molecule has 18 nitrogen and oxygen atoms in total. The zero-order chi connectivity index (χ0) is 36.1. The number of anilines is 1. The van der Waals surface area contributed by atoms with E-state index in [1.165, 1.54) is 36.1 Å². The van der Waals surface area contributed by atoms with E-state index in [0.717, 1.165) is 0 Å². The Labute approximate surface area is 284 Å². The molecule has 0 aliphatic carbocycles. The number of aliphatic carboxylic acids is 3. The van der Waals surface area contributed by atoms with Crippen LogP contribution >= 0.6 is 0 Å². The Morgan fingerprint density at radius 3 is 1.55 bits per heavy atom. The van der Waals surface area contributed by atoms with Crippen molar-refractivity contribution in [3.63, 3.8) is 0 Å². The van der Waals surface area contributed by atoms with E-state index in [4.69, 9.17) is 0 Å². The van der Waals surface area contributed by atoms with Gasteiger partial charge in [0.25, 0.3) is 5.91 Å². The molecule has 2 heterocycles. The number of hydrogen-bond acceptors (Lipinski definition) is 12. The van der Waals surface area contributed by atoms with Gasteiger partial charge in [0.15, 0.2) is 0 Å². The summed E-state index contributed by atoms with van der Waals surface area (Å²) in [5.74, 6) is -5.21. The van der Waals surface area contributed by atoms with Gasteiger partial charge in [0, 0.05) is 70.2 Å². The third-order valence-electron chi connectivity index (χ3n) is 8.45. The van der Waals surface area contributed by atoms with E-state index in [0.29, 0.717) is 25.1 Å². The highest BCUT2D eigenvalue weighted by Crippen LogP contribution is 2.19. The number of likely N-dealkylation sites (tertiary alicyclic amines) is 1. The third kappa shape index (κ3) is 13.4. The molecular weight excluding hydrogens is 645 g/mol. The van der Waals surface area contributed by atoms with Gasteiger partial charge in [-0.15, -0.1) is 0 Å². The third-order valence-corrected chi connectivity index (χ3v) is 8.45. The van der Waals surface area contributed by atoms with Crippen LogP contribution in [0.2, 0.25) is 0 Å². The van der Waals surface area contributed by atoms with E-state index in [1.54, 1.807) is 19.6 Å². The Morgan fingerprint density at radius 2 is 1.14 bits per heavy atom. The molecule has 19 heteroatoms. The summed E-state index contributed by atoms with van der Waals surface area (Å²) in [6.45, 7) is 3.12. The molecule has 0 unspecified atom stereocenters. The maximum Gasteiger partial charge on any atom is 0.475 e. The normalized spacial score (nSPS) is 19.7. The predicted molar refractivity (Wildman–Crippen MR) is 176 cm³/mol. The first-order chi connectivity index (χ1) is 23.2. The van der Waals surface area contributed by atoms with Crippen LogP contribution in [0.5, 0.6) is 0 Å². The van der Waals surface area contributed by atoms with Gasteiger partial charge in [-0.1, -0.05) is 0 Å². The summed E-state index contributed by atoms with van der Waals surface area (Å²) in [6.07, 6.45) is 1.08. The summed E-state index contributed by atoms with van der Waals surface area (Å²) in [6, 6.07) is 5.11. The first kappa shape index (κ1) is 39.3. The van der Waals surface area contributed by atoms with E-state index >= 15 is 0 Å². The van der Waals surface area contributed by atoms with E-state index in [9.17, 15) is 54.1 Å². The van der Waals surface area contributed by atoms with Gasteiger partial charge in [0.2, 0.25) is 11.8 Å². The Hall–Kier alpha value is -4.14.